The molecule has 2 aliphatic heterocycles. The highest BCUT2D eigenvalue weighted by atomic mass is 35.5. The molecule has 0 bridgehead atoms. The lowest BCUT2D eigenvalue weighted by molar-refractivity contribution is -0.137. The van der Waals surface area contributed by atoms with Gasteiger partial charge >= 0.3 is 5.97 Å². The summed E-state index contributed by atoms with van der Waals surface area (Å²) in [5.41, 5.74) is 1.92. The van der Waals surface area contributed by atoms with Crippen LogP contribution in [0.5, 0.6) is 0 Å². The van der Waals surface area contributed by atoms with Gasteiger partial charge < -0.3 is 20.1 Å². The summed E-state index contributed by atoms with van der Waals surface area (Å²) >= 11 is 6.15. The van der Waals surface area contributed by atoms with E-state index in [0.717, 1.165) is 36.6 Å². The van der Waals surface area contributed by atoms with Crippen LogP contribution in [-0.4, -0.2) is 53.4 Å². The first-order valence-corrected chi connectivity index (χ1v) is 8.30. The number of carboxylic acids is 1. The molecular weight excluding hydrogens is 320 g/mol. The number of carboxylic acid groups (broad SMARTS) is 1. The quantitative estimate of drug-likeness (QED) is 0.801. The SMILES string of the molecule is C[C@H]1COCCN1c1nc(Cl)nc2c1CCNC2CCC(=O)O. The third kappa shape index (κ3) is 3.57. The molecule has 0 amide bonds. The van der Waals surface area contributed by atoms with Crippen LogP contribution >= 0.6 is 11.6 Å². The second-order valence-corrected chi connectivity index (χ2v) is 6.32. The molecule has 0 saturated carbocycles. The lowest BCUT2D eigenvalue weighted by Gasteiger charge is -2.37. The van der Waals surface area contributed by atoms with Crippen molar-refractivity contribution in [3.05, 3.63) is 16.5 Å². The van der Waals surface area contributed by atoms with E-state index in [4.69, 9.17) is 21.4 Å². The molecule has 2 N–H and O–H groups in total. The molecule has 0 aromatic carbocycles. The average molecular weight is 341 g/mol. The van der Waals surface area contributed by atoms with Crippen LogP contribution < -0.4 is 10.2 Å². The molecule has 23 heavy (non-hydrogen) atoms. The predicted octanol–water partition coefficient (Wildman–Crippen LogP) is 1.41. The van der Waals surface area contributed by atoms with Crippen molar-refractivity contribution >= 4 is 23.4 Å². The standard InChI is InChI=1S/C15H21ClN4O3/c1-9-8-23-7-6-20(9)14-10-4-5-17-11(2-3-12(21)22)13(10)18-15(16)19-14/h9,11,17H,2-8H2,1H3,(H,21,22)/t9-,11?/m0/s1. The van der Waals surface area contributed by atoms with Crippen molar-refractivity contribution in [3.8, 4) is 0 Å². The van der Waals surface area contributed by atoms with Crippen molar-refractivity contribution in [1.82, 2.24) is 15.3 Å². The van der Waals surface area contributed by atoms with Crippen molar-refractivity contribution in [2.75, 3.05) is 31.2 Å². The average Bonchev–Trinajstić information content (AvgIpc) is 2.52. The van der Waals surface area contributed by atoms with E-state index in [1.54, 1.807) is 0 Å². The zero-order chi connectivity index (χ0) is 16.4. The molecule has 126 valence electrons. The van der Waals surface area contributed by atoms with E-state index in [1.165, 1.54) is 0 Å². The molecule has 1 fully saturated rings. The summed E-state index contributed by atoms with van der Waals surface area (Å²) in [5, 5.41) is 12.5. The summed E-state index contributed by atoms with van der Waals surface area (Å²) in [6, 6.07) is 0.136. The minimum absolute atomic E-state index is 0.0922. The molecule has 0 spiro atoms. The van der Waals surface area contributed by atoms with E-state index < -0.39 is 5.97 Å². The lowest BCUT2D eigenvalue weighted by Crippen LogP contribution is -2.45. The van der Waals surface area contributed by atoms with Crippen LogP contribution in [0, 0.1) is 0 Å². The Bertz CT molecular complexity index is 598. The Morgan fingerprint density at radius 3 is 3.09 bits per heavy atom. The fraction of sp³-hybridized carbons (Fsp3) is 0.667. The monoisotopic (exact) mass is 340 g/mol. The van der Waals surface area contributed by atoms with Crippen molar-refractivity contribution in [1.29, 1.82) is 0 Å². The first kappa shape index (κ1) is 16.4. The molecule has 1 saturated heterocycles. The molecule has 3 rings (SSSR count). The number of morpholine rings is 1. The number of aromatic nitrogens is 2. The van der Waals surface area contributed by atoms with Gasteiger partial charge in [-0.3, -0.25) is 4.79 Å². The molecule has 0 radical (unpaired) electrons. The normalized spacial score (nSPS) is 24.3. The Morgan fingerprint density at radius 2 is 2.35 bits per heavy atom. The minimum Gasteiger partial charge on any atom is -0.481 e. The van der Waals surface area contributed by atoms with Gasteiger partial charge in [0.2, 0.25) is 5.28 Å². The molecule has 8 heteroatoms. The molecule has 2 aliphatic rings. The summed E-state index contributed by atoms with van der Waals surface area (Å²) < 4.78 is 5.50. The molecule has 1 unspecified atom stereocenters. The maximum absolute atomic E-state index is 10.9. The molecule has 7 nitrogen and oxygen atoms in total. The smallest absolute Gasteiger partial charge is 0.303 e. The minimum atomic E-state index is -0.805. The summed E-state index contributed by atoms with van der Waals surface area (Å²) in [6.07, 6.45) is 1.41. The zero-order valence-electron chi connectivity index (χ0n) is 13.1. The largest absolute Gasteiger partial charge is 0.481 e. The summed E-state index contributed by atoms with van der Waals surface area (Å²) in [7, 11) is 0. The fourth-order valence-electron chi connectivity index (χ4n) is 3.24. The molecule has 1 aromatic heterocycles. The molecule has 3 heterocycles. The molecule has 1 aromatic rings. The number of nitrogens with one attached hydrogen (secondary N) is 1. The van der Waals surface area contributed by atoms with Gasteiger partial charge in [-0.25, -0.2) is 9.97 Å². The number of anilines is 1. The van der Waals surface area contributed by atoms with E-state index in [0.29, 0.717) is 19.6 Å². The van der Waals surface area contributed by atoms with E-state index in [2.05, 4.69) is 27.1 Å². The number of aliphatic carboxylic acids is 1. The van der Waals surface area contributed by atoms with Crippen LogP contribution in [0.2, 0.25) is 5.28 Å². The molecular formula is C15H21ClN4O3. The third-order valence-corrected chi connectivity index (χ3v) is 4.54. The Hall–Kier alpha value is -1.44. The van der Waals surface area contributed by atoms with Crippen molar-refractivity contribution in [3.63, 3.8) is 0 Å². The van der Waals surface area contributed by atoms with Gasteiger partial charge in [0.1, 0.15) is 5.82 Å². The van der Waals surface area contributed by atoms with Gasteiger partial charge in [-0.05, 0) is 31.4 Å². The molecule has 2 atom stereocenters. The van der Waals surface area contributed by atoms with Crippen molar-refractivity contribution < 1.29 is 14.6 Å². The second-order valence-electron chi connectivity index (χ2n) is 5.99. The third-order valence-electron chi connectivity index (χ3n) is 4.37. The van der Waals surface area contributed by atoms with E-state index in [-0.39, 0.29) is 23.8 Å². The van der Waals surface area contributed by atoms with Crippen LogP contribution in [0.15, 0.2) is 0 Å². The number of hydrogen-bond acceptors (Lipinski definition) is 6. The Balaban J connectivity index is 1.94. The highest BCUT2D eigenvalue weighted by Gasteiger charge is 2.30. The summed E-state index contributed by atoms with van der Waals surface area (Å²) in [6.45, 7) is 4.99. The number of fused-ring (bicyclic) bond motifs is 1. The van der Waals surface area contributed by atoms with Gasteiger partial charge in [0.15, 0.2) is 0 Å². The zero-order valence-corrected chi connectivity index (χ0v) is 13.8. The maximum atomic E-state index is 10.9. The number of nitrogens with zero attached hydrogens (tertiary/aromatic N) is 3. The van der Waals surface area contributed by atoms with E-state index >= 15 is 0 Å². The summed E-state index contributed by atoms with van der Waals surface area (Å²) in [4.78, 5) is 22.0. The van der Waals surface area contributed by atoms with Gasteiger partial charge in [-0.2, -0.15) is 0 Å². The number of ether oxygens (including phenoxy) is 1. The number of hydrogen-bond donors (Lipinski definition) is 2. The van der Waals surface area contributed by atoms with Crippen LogP contribution in [0.3, 0.4) is 0 Å². The second kappa shape index (κ2) is 6.98. The van der Waals surface area contributed by atoms with Gasteiger partial charge in [0.05, 0.1) is 31.0 Å². The predicted molar refractivity (Wildman–Crippen MR) is 86.0 cm³/mol. The number of halogens is 1. The van der Waals surface area contributed by atoms with Crippen LogP contribution in [0.4, 0.5) is 5.82 Å². The fourth-order valence-corrected chi connectivity index (χ4v) is 3.41. The number of carbonyl (C=O) groups is 1. The van der Waals surface area contributed by atoms with Crippen molar-refractivity contribution in [2.24, 2.45) is 0 Å². The Labute approximate surface area is 140 Å². The molecule has 0 aliphatic carbocycles. The van der Waals surface area contributed by atoms with Gasteiger partial charge in [0.25, 0.3) is 0 Å². The Kier molecular flexibility index (Phi) is 4.99. The lowest BCUT2D eigenvalue weighted by atomic mass is 9.96. The number of rotatable bonds is 4. The van der Waals surface area contributed by atoms with Crippen LogP contribution in [0.1, 0.15) is 37.1 Å². The van der Waals surface area contributed by atoms with E-state index in [9.17, 15) is 4.79 Å². The van der Waals surface area contributed by atoms with Crippen LogP contribution in [-0.2, 0) is 16.0 Å². The van der Waals surface area contributed by atoms with Gasteiger partial charge in [0, 0.05) is 25.1 Å². The van der Waals surface area contributed by atoms with Gasteiger partial charge in [-0.15, -0.1) is 0 Å². The summed E-state index contributed by atoms with van der Waals surface area (Å²) in [5.74, 6) is 0.0683. The topological polar surface area (TPSA) is 87.6 Å². The Morgan fingerprint density at radius 1 is 1.52 bits per heavy atom. The highest BCUT2D eigenvalue weighted by molar-refractivity contribution is 6.28. The van der Waals surface area contributed by atoms with Gasteiger partial charge in [-0.1, -0.05) is 0 Å². The van der Waals surface area contributed by atoms with E-state index in [1.807, 2.05) is 0 Å². The highest BCUT2D eigenvalue weighted by Crippen LogP contribution is 2.33. The van der Waals surface area contributed by atoms with Crippen LogP contribution in [0.25, 0.3) is 0 Å². The first-order valence-electron chi connectivity index (χ1n) is 7.92. The maximum Gasteiger partial charge on any atom is 0.303 e. The van der Waals surface area contributed by atoms with Crippen molar-refractivity contribution in [2.45, 2.75) is 38.3 Å². The first-order chi connectivity index (χ1) is 11.1.